The summed E-state index contributed by atoms with van der Waals surface area (Å²) in [6, 6.07) is -3.90. The molecule has 1 saturated heterocycles. The van der Waals surface area contributed by atoms with Crippen LogP contribution in [0, 0.1) is 0 Å². The lowest BCUT2D eigenvalue weighted by atomic mass is 10.1. The fourth-order valence-corrected chi connectivity index (χ4v) is 2.68. The third-order valence-electron chi connectivity index (χ3n) is 4.04. The van der Waals surface area contributed by atoms with Crippen LogP contribution in [0.3, 0.4) is 0 Å². The van der Waals surface area contributed by atoms with Gasteiger partial charge in [-0.1, -0.05) is 0 Å². The summed E-state index contributed by atoms with van der Waals surface area (Å²) in [6.45, 7) is -0.342. The maximum atomic E-state index is 12.2. The van der Waals surface area contributed by atoms with E-state index in [0.29, 0.717) is 12.8 Å². The van der Waals surface area contributed by atoms with Crippen molar-refractivity contribution >= 4 is 35.6 Å². The van der Waals surface area contributed by atoms with E-state index in [1.807, 2.05) is 0 Å². The maximum Gasteiger partial charge on any atom is 0.326 e. The lowest BCUT2D eigenvalue weighted by Gasteiger charge is -2.23. The maximum absolute atomic E-state index is 12.2. The van der Waals surface area contributed by atoms with Gasteiger partial charge in [0.2, 0.25) is 23.6 Å². The molecular weight excluding hydrogens is 378 g/mol. The summed E-state index contributed by atoms with van der Waals surface area (Å²) in [5.41, 5.74) is 10.4. The van der Waals surface area contributed by atoms with Gasteiger partial charge in [-0.15, -0.1) is 0 Å². The van der Waals surface area contributed by atoms with Crippen molar-refractivity contribution in [3.63, 3.8) is 0 Å². The number of rotatable bonds is 10. The number of carbonyl (C=O) groups excluding carboxylic acids is 4. The van der Waals surface area contributed by atoms with E-state index in [-0.39, 0.29) is 6.54 Å². The topological polar surface area (TPSA) is 222 Å². The first-order valence-electron chi connectivity index (χ1n) is 8.39. The van der Waals surface area contributed by atoms with E-state index < -0.39 is 73.1 Å². The molecule has 0 aromatic heterocycles. The van der Waals surface area contributed by atoms with E-state index in [4.69, 9.17) is 21.7 Å². The third-order valence-corrected chi connectivity index (χ3v) is 4.04. The number of likely N-dealkylation sites (tertiary alicyclic amines) is 1. The molecule has 13 nitrogen and oxygen atoms in total. The summed E-state index contributed by atoms with van der Waals surface area (Å²) in [6.07, 6.45) is -0.496. The zero-order valence-corrected chi connectivity index (χ0v) is 14.9. The number of carboxylic acid groups (broad SMARTS) is 2. The number of carboxylic acids is 2. The molecule has 1 fully saturated rings. The molecule has 0 radical (unpaired) electrons. The van der Waals surface area contributed by atoms with Crippen molar-refractivity contribution in [2.75, 3.05) is 13.1 Å². The minimum atomic E-state index is -1.55. The fraction of sp³-hybridized carbons (Fsp3) is 0.600. The smallest absolute Gasteiger partial charge is 0.326 e. The Kier molecular flexibility index (Phi) is 8.31. The molecule has 0 aromatic carbocycles. The van der Waals surface area contributed by atoms with E-state index in [9.17, 15) is 28.8 Å². The van der Waals surface area contributed by atoms with Crippen LogP contribution < -0.4 is 22.1 Å². The number of primary amides is 1. The monoisotopic (exact) mass is 401 g/mol. The van der Waals surface area contributed by atoms with Crippen molar-refractivity contribution in [1.82, 2.24) is 15.5 Å². The first-order valence-corrected chi connectivity index (χ1v) is 8.39. The molecule has 1 aliphatic heterocycles. The average molecular weight is 401 g/mol. The van der Waals surface area contributed by atoms with Gasteiger partial charge in [-0.2, -0.15) is 0 Å². The number of amides is 4. The van der Waals surface area contributed by atoms with Gasteiger partial charge in [0, 0.05) is 6.54 Å². The largest absolute Gasteiger partial charge is 0.481 e. The van der Waals surface area contributed by atoms with Gasteiger partial charge in [0.1, 0.15) is 12.1 Å². The van der Waals surface area contributed by atoms with Crippen LogP contribution >= 0.6 is 0 Å². The Labute approximate surface area is 159 Å². The van der Waals surface area contributed by atoms with Crippen LogP contribution in [0.5, 0.6) is 0 Å². The Morgan fingerprint density at radius 2 is 1.71 bits per heavy atom. The zero-order valence-electron chi connectivity index (χ0n) is 14.9. The first kappa shape index (κ1) is 22.8. The van der Waals surface area contributed by atoms with E-state index in [2.05, 4.69) is 10.6 Å². The second kappa shape index (κ2) is 10.2. The van der Waals surface area contributed by atoms with Gasteiger partial charge >= 0.3 is 11.9 Å². The molecule has 0 spiro atoms. The van der Waals surface area contributed by atoms with Crippen molar-refractivity contribution in [2.24, 2.45) is 11.5 Å². The number of aliphatic carboxylic acids is 2. The van der Waals surface area contributed by atoms with Crippen molar-refractivity contribution in [2.45, 2.75) is 43.8 Å². The van der Waals surface area contributed by atoms with Crippen LogP contribution in [0.25, 0.3) is 0 Å². The molecule has 13 heteroatoms. The summed E-state index contributed by atoms with van der Waals surface area (Å²) in [5.74, 6) is -5.99. The van der Waals surface area contributed by atoms with Crippen molar-refractivity contribution < 1.29 is 39.0 Å². The second-order valence-electron chi connectivity index (χ2n) is 6.24. The van der Waals surface area contributed by atoms with E-state index in [1.54, 1.807) is 0 Å². The molecule has 0 aromatic rings. The first-order chi connectivity index (χ1) is 13.0. The molecule has 4 amide bonds. The van der Waals surface area contributed by atoms with Gasteiger partial charge in [0.25, 0.3) is 0 Å². The normalized spacial score (nSPS) is 18.0. The summed E-state index contributed by atoms with van der Waals surface area (Å²) in [7, 11) is 0. The Hall–Kier alpha value is -3.22. The van der Waals surface area contributed by atoms with Gasteiger partial charge in [0.05, 0.1) is 25.4 Å². The third kappa shape index (κ3) is 6.83. The van der Waals surface area contributed by atoms with Crippen LogP contribution in [0.15, 0.2) is 0 Å². The van der Waals surface area contributed by atoms with E-state index in [1.165, 1.54) is 0 Å². The molecule has 8 N–H and O–H groups in total. The van der Waals surface area contributed by atoms with Crippen molar-refractivity contribution in [3.8, 4) is 0 Å². The van der Waals surface area contributed by atoms with E-state index in [0.717, 1.165) is 4.90 Å². The number of nitrogens with one attached hydrogen (secondary N) is 2. The standard InChI is InChI=1S/C15H23N5O8/c16-7(4-10(17)21)13(25)19-8(5-12(23)24)14(26)18-6-11(22)20-3-1-2-9(20)15(27)28/h7-9H,1-6,16H2,(H2,17,21)(H,18,26)(H,19,25)(H,23,24)(H,27,28). The van der Waals surface area contributed by atoms with Gasteiger partial charge in [-0.25, -0.2) is 4.79 Å². The average Bonchev–Trinajstić information content (AvgIpc) is 3.07. The summed E-state index contributed by atoms with van der Waals surface area (Å²) in [4.78, 5) is 70.1. The highest BCUT2D eigenvalue weighted by molar-refractivity contribution is 5.95. The van der Waals surface area contributed by atoms with Crippen LogP contribution in [0.1, 0.15) is 25.7 Å². The summed E-state index contributed by atoms with van der Waals surface area (Å²) < 4.78 is 0. The lowest BCUT2D eigenvalue weighted by molar-refractivity contribution is -0.148. The van der Waals surface area contributed by atoms with Crippen LogP contribution in [0.2, 0.25) is 0 Å². The van der Waals surface area contributed by atoms with Crippen LogP contribution in [-0.2, 0) is 28.8 Å². The van der Waals surface area contributed by atoms with Gasteiger partial charge < -0.3 is 37.2 Å². The van der Waals surface area contributed by atoms with Gasteiger partial charge in [-0.3, -0.25) is 24.0 Å². The molecule has 3 atom stereocenters. The molecule has 0 aliphatic carbocycles. The van der Waals surface area contributed by atoms with Crippen LogP contribution in [-0.4, -0.2) is 81.9 Å². The number of hydrogen-bond acceptors (Lipinski definition) is 7. The van der Waals surface area contributed by atoms with Gasteiger partial charge in [-0.05, 0) is 12.8 Å². The number of carbonyl (C=O) groups is 6. The molecule has 1 aliphatic rings. The number of nitrogens with two attached hydrogens (primary N) is 2. The van der Waals surface area contributed by atoms with Crippen molar-refractivity contribution in [3.05, 3.63) is 0 Å². The molecule has 28 heavy (non-hydrogen) atoms. The quantitative estimate of drug-likeness (QED) is 0.212. The SMILES string of the molecule is NC(=O)CC(N)C(=O)NC(CC(=O)O)C(=O)NCC(=O)N1CCCC1C(=O)O. The highest BCUT2D eigenvalue weighted by Crippen LogP contribution is 2.17. The summed E-state index contributed by atoms with van der Waals surface area (Å²) >= 11 is 0. The molecule has 0 saturated carbocycles. The highest BCUT2D eigenvalue weighted by atomic mass is 16.4. The highest BCUT2D eigenvalue weighted by Gasteiger charge is 2.34. The Bertz CT molecular complexity index is 667. The summed E-state index contributed by atoms with van der Waals surface area (Å²) in [5, 5.41) is 22.2. The Morgan fingerprint density at radius 1 is 1.07 bits per heavy atom. The molecule has 1 rings (SSSR count). The predicted molar refractivity (Wildman–Crippen MR) is 91.4 cm³/mol. The molecule has 3 unspecified atom stereocenters. The van der Waals surface area contributed by atoms with Crippen molar-refractivity contribution in [1.29, 1.82) is 0 Å². The zero-order chi connectivity index (χ0) is 21.4. The van der Waals surface area contributed by atoms with Gasteiger partial charge in [0.15, 0.2) is 0 Å². The lowest BCUT2D eigenvalue weighted by Crippen LogP contribution is -2.54. The Balaban J connectivity index is 2.68. The Morgan fingerprint density at radius 3 is 2.25 bits per heavy atom. The number of hydrogen-bond donors (Lipinski definition) is 6. The number of nitrogens with zero attached hydrogens (tertiary/aromatic N) is 1. The molecule has 0 bridgehead atoms. The minimum Gasteiger partial charge on any atom is -0.481 e. The van der Waals surface area contributed by atoms with Crippen LogP contribution in [0.4, 0.5) is 0 Å². The second-order valence-corrected chi connectivity index (χ2v) is 6.24. The minimum absolute atomic E-state index is 0.225. The fourth-order valence-electron chi connectivity index (χ4n) is 2.68. The predicted octanol–water partition coefficient (Wildman–Crippen LogP) is -3.66. The molecule has 1 heterocycles. The molecule has 156 valence electrons. The van der Waals surface area contributed by atoms with E-state index >= 15 is 0 Å². The molecular formula is C15H23N5O8.